The number of hydrogen-bond acceptors (Lipinski definition) is 5. The third-order valence-electron chi connectivity index (χ3n) is 5.31. The fourth-order valence-electron chi connectivity index (χ4n) is 3.90. The number of anilines is 1. The number of nitrogens with zero attached hydrogens (tertiary/aromatic N) is 3. The van der Waals surface area contributed by atoms with Crippen molar-refractivity contribution in [3.8, 4) is 0 Å². The van der Waals surface area contributed by atoms with Gasteiger partial charge in [-0.05, 0) is 51.2 Å². The standard InChI is InChI=1S/C23H27N3OS/c1-17-14-20(27)9-7-11-22(24-17)28-16-19-15-18-8-3-4-10-21(18)25-23(19)26-12-5-2-6-13-26/h3-4,8,10,14-15H,2,5-7,9,11-13,16H2,1H3/b17-14-,24-22?. The minimum Gasteiger partial charge on any atom is -0.356 e. The van der Waals surface area contributed by atoms with Crippen molar-refractivity contribution in [2.75, 3.05) is 18.0 Å². The molecule has 28 heavy (non-hydrogen) atoms. The third-order valence-corrected chi connectivity index (χ3v) is 6.40. The molecule has 0 saturated carbocycles. The molecule has 4 nitrogen and oxygen atoms in total. The molecule has 4 rings (SSSR count). The molecule has 3 heterocycles. The molecule has 5 heteroatoms. The lowest BCUT2D eigenvalue weighted by atomic mass is 10.1. The van der Waals surface area contributed by atoms with E-state index in [4.69, 9.17) is 9.98 Å². The van der Waals surface area contributed by atoms with Crippen LogP contribution in [0.15, 0.2) is 47.1 Å². The maximum Gasteiger partial charge on any atom is 0.157 e. The highest BCUT2D eigenvalue weighted by Gasteiger charge is 2.18. The number of para-hydroxylation sites is 1. The molecule has 1 saturated heterocycles. The predicted octanol–water partition coefficient (Wildman–Crippen LogP) is 5.51. The Hall–Kier alpha value is -2.14. The Morgan fingerprint density at radius 1 is 1.07 bits per heavy atom. The number of ketones is 1. The molecule has 0 radical (unpaired) electrons. The molecule has 1 fully saturated rings. The van der Waals surface area contributed by atoms with Crippen molar-refractivity contribution in [1.82, 2.24) is 4.98 Å². The van der Waals surface area contributed by atoms with E-state index in [1.165, 1.54) is 30.2 Å². The maximum absolute atomic E-state index is 11.7. The summed E-state index contributed by atoms with van der Waals surface area (Å²) in [5.74, 6) is 2.19. The second kappa shape index (κ2) is 8.91. The van der Waals surface area contributed by atoms with Crippen LogP contribution in [0.2, 0.25) is 0 Å². The molecule has 0 N–H and O–H groups in total. The molecule has 0 bridgehead atoms. The molecule has 2 aliphatic heterocycles. The van der Waals surface area contributed by atoms with Gasteiger partial charge < -0.3 is 4.90 Å². The molecule has 2 aliphatic rings. The fourth-order valence-corrected chi connectivity index (χ4v) is 4.94. The quantitative estimate of drug-likeness (QED) is 0.689. The summed E-state index contributed by atoms with van der Waals surface area (Å²) < 4.78 is 0. The number of pyridine rings is 1. The van der Waals surface area contributed by atoms with Gasteiger partial charge in [-0.3, -0.25) is 9.79 Å². The maximum atomic E-state index is 11.7. The van der Waals surface area contributed by atoms with Gasteiger partial charge in [-0.15, -0.1) is 11.8 Å². The number of thioether (sulfide) groups is 1. The Balaban J connectivity index is 1.61. The minimum absolute atomic E-state index is 0.191. The number of rotatable bonds is 3. The van der Waals surface area contributed by atoms with Crippen LogP contribution in [-0.4, -0.2) is 28.9 Å². The van der Waals surface area contributed by atoms with Crippen molar-refractivity contribution in [2.24, 2.45) is 4.99 Å². The largest absolute Gasteiger partial charge is 0.356 e. The molecular formula is C23H27N3OS. The van der Waals surface area contributed by atoms with E-state index in [1.807, 2.05) is 6.92 Å². The first-order valence-corrected chi connectivity index (χ1v) is 11.2. The molecule has 0 unspecified atom stereocenters. The first-order valence-electron chi connectivity index (χ1n) is 10.2. The number of aliphatic imine (C=N–C) groups is 1. The van der Waals surface area contributed by atoms with E-state index < -0.39 is 0 Å². The van der Waals surface area contributed by atoms with Crippen LogP contribution in [0.4, 0.5) is 5.82 Å². The lowest BCUT2D eigenvalue weighted by molar-refractivity contribution is -0.114. The fraction of sp³-hybridized carbons (Fsp3) is 0.435. The first kappa shape index (κ1) is 19.2. The summed E-state index contributed by atoms with van der Waals surface area (Å²) in [5, 5.41) is 2.32. The van der Waals surface area contributed by atoms with Crippen LogP contribution in [0.5, 0.6) is 0 Å². The van der Waals surface area contributed by atoms with Crippen LogP contribution in [-0.2, 0) is 10.5 Å². The summed E-state index contributed by atoms with van der Waals surface area (Å²) in [4.78, 5) is 23.9. The van der Waals surface area contributed by atoms with E-state index in [0.29, 0.717) is 6.42 Å². The van der Waals surface area contributed by atoms with Crippen molar-refractivity contribution in [3.63, 3.8) is 0 Å². The summed E-state index contributed by atoms with van der Waals surface area (Å²) in [6.45, 7) is 4.10. The smallest absolute Gasteiger partial charge is 0.157 e. The van der Waals surface area contributed by atoms with Gasteiger partial charge in [0.15, 0.2) is 5.78 Å². The van der Waals surface area contributed by atoms with Gasteiger partial charge in [0, 0.05) is 48.0 Å². The number of carbonyl (C=O) groups is 1. The van der Waals surface area contributed by atoms with Crippen LogP contribution < -0.4 is 4.90 Å². The van der Waals surface area contributed by atoms with E-state index in [1.54, 1.807) is 17.8 Å². The van der Waals surface area contributed by atoms with Gasteiger partial charge >= 0.3 is 0 Å². The zero-order valence-electron chi connectivity index (χ0n) is 16.5. The number of hydrogen-bond donors (Lipinski definition) is 0. The normalized spacial score (nSPS) is 20.3. The SMILES string of the molecule is C/C1=C/C(=O)CCCC(SCc2cc3ccccc3nc2N2CCCCC2)=N1. The van der Waals surface area contributed by atoms with Gasteiger partial charge in [0.1, 0.15) is 5.82 Å². The van der Waals surface area contributed by atoms with E-state index in [0.717, 1.165) is 53.8 Å². The van der Waals surface area contributed by atoms with Crippen molar-refractivity contribution in [2.45, 2.75) is 51.2 Å². The van der Waals surface area contributed by atoms with Gasteiger partial charge in [0.2, 0.25) is 0 Å². The molecule has 0 spiro atoms. The summed E-state index contributed by atoms with van der Waals surface area (Å²) in [5.41, 5.74) is 3.17. The Kier molecular flexibility index (Phi) is 6.10. The molecule has 0 amide bonds. The first-order chi connectivity index (χ1) is 13.7. The van der Waals surface area contributed by atoms with Crippen molar-refractivity contribution in [1.29, 1.82) is 0 Å². The van der Waals surface area contributed by atoms with Crippen molar-refractivity contribution >= 4 is 39.3 Å². The Morgan fingerprint density at radius 3 is 2.75 bits per heavy atom. The third kappa shape index (κ3) is 4.64. The number of piperidine rings is 1. The van der Waals surface area contributed by atoms with E-state index in [9.17, 15) is 4.79 Å². The highest BCUT2D eigenvalue weighted by molar-refractivity contribution is 8.13. The number of fused-ring (bicyclic) bond motifs is 1. The molecule has 146 valence electrons. The molecule has 0 atom stereocenters. The van der Waals surface area contributed by atoms with E-state index >= 15 is 0 Å². The highest BCUT2D eigenvalue weighted by Crippen LogP contribution is 2.30. The molecule has 0 aliphatic carbocycles. The van der Waals surface area contributed by atoms with Crippen molar-refractivity contribution < 1.29 is 4.79 Å². The Labute approximate surface area is 171 Å². The highest BCUT2D eigenvalue weighted by atomic mass is 32.2. The summed E-state index contributed by atoms with van der Waals surface area (Å²) in [6.07, 6.45) is 7.85. The monoisotopic (exact) mass is 393 g/mol. The number of benzene rings is 1. The number of aromatic nitrogens is 1. The van der Waals surface area contributed by atoms with Crippen LogP contribution >= 0.6 is 11.8 Å². The zero-order valence-corrected chi connectivity index (χ0v) is 17.3. The minimum atomic E-state index is 0.191. The average Bonchev–Trinajstić information content (AvgIpc) is 2.70. The van der Waals surface area contributed by atoms with Gasteiger partial charge in [-0.1, -0.05) is 18.2 Å². The predicted molar refractivity (Wildman–Crippen MR) is 119 cm³/mol. The topological polar surface area (TPSA) is 45.6 Å². The van der Waals surface area contributed by atoms with E-state index in [2.05, 4.69) is 35.2 Å². The molecular weight excluding hydrogens is 366 g/mol. The van der Waals surface area contributed by atoms with Gasteiger partial charge in [0.05, 0.1) is 10.6 Å². The Bertz CT molecular complexity index is 929. The lowest BCUT2D eigenvalue weighted by Gasteiger charge is -2.29. The van der Waals surface area contributed by atoms with Gasteiger partial charge in [0.25, 0.3) is 0 Å². The van der Waals surface area contributed by atoms with Crippen LogP contribution in [0.25, 0.3) is 10.9 Å². The second-order valence-electron chi connectivity index (χ2n) is 7.61. The summed E-state index contributed by atoms with van der Waals surface area (Å²) in [6, 6.07) is 10.7. The van der Waals surface area contributed by atoms with Crippen LogP contribution in [0, 0.1) is 0 Å². The number of allylic oxidation sites excluding steroid dienone is 2. The number of carbonyl (C=O) groups excluding carboxylic acids is 1. The molecule has 1 aromatic heterocycles. The molecule has 2 aromatic rings. The van der Waals surface area contributed by atoms with E-state index in [-0.39, 0.29) is 5.78 Å². The van der Waals surface area contributed by atoms with Gasteiger partial charge in [-0.25, -0.2) is 4.98 Å². The van der Waals surface area contributed by atoms with Gasteiger partial charge in [-0.2, -0.15) is 0 Å². The second-order valence-corrected chi connectivity index (χ2v) is 8.66. The van der Waals surface area contributed by atoms with Crippen LogP contribution in [0.1, 0.15) is 51.0 Å². The Morgan fingerprint density at radius 2 is 1.89 bits per heavy atom. The summed E-state index contributed by atoms with van der Waals surface area (Å²) in [7, 11) is 0. The lowest BCUT2D eigenvalue weighted by Crippen LogP contribution is -2.31. The molecule has 1 aromatic carbocycles. The zero-order chi connectivity index (χ0) is 19.3. The average molecular weight is 394 g/mol. The summed E-state index contributed by atoms with van der Waals surface area (Å²) >= 11 is 1.80. The van der Waals surface area contributed by atoms with Crippen LogP contribution in [0.3, 0.4) is 0 Å². The van der Waals surface area contributed by atoms with Crippen molar-refractivity contribution in [3.05, 3.63) is 47.7 Å².